The summed E-state index contributed by atoms with van der Waals surface area (Å²) >= 11 is 0. The number of guanidine groups is 1. The highest BCUT2D eigenvalue weighted by molar-refractivity contribution is 14.0. The maximum atomic E-state index is 5.93. The van der Waals surface area contributed by atoms with Crippen LogP contribution in [-0.2, 0) is 16.0 Å². The van der Waals surface area contributed by atoms with Gasteiger partial charge < -0.3 is 24.8 Å². The first-order valence-corrected chi connectivity index (χ1v) is 10.4. The summed E-state index contributed by atoms with van der Waals surface area (Å²) in [5, 5.41) is 6.69. The van der Waals surface area contributed by atoms with Crippen LogP contribution in [-0.4, -0.2) is 77.1 Å². The first-order chi connectivity index (χ1) is 13.8. The third-order valence-electron chi connectivity index (χ3n) is 4.57. The van der Waals surface area contributed by atoms with Crippen molar-refractivity contribution in [1.29, 1.82) is 0 Å². The van der Waals surface area contributed by atoms with Crippen molar-refractivity contribution in [2.45, 2.75) is 26.3 Å². The molecule has 0 saturated carbocycles. The summed E-state index contributed by atoms with van der Waals surface area (Å²) in [5.41, 5.74) is 1.17. The van der Waals surface area contributed by atoms with Gasteiger partial charge in [0.15, 0.2) is 5.96 Å². The van der Waals surface area contributed by atoms with Crippen LogP contribution in [0.15, 0.2) is 29.3 Å². The zero-order valence-electron chi connectivity index (χ0n) is 17.8. The molecule has 1 aromatic carbocycles. The molecule has 0 atom stereocenters. The average molecular weight is 520 g/mol. The Hall–Kier alpha value is -1.10. The van der Waals surface area contributed by atoms with Gasteiger partial charge in [0.25, 0.3) is 0 Å². The van der Waals surface area contributed by atoms with Gasteiger partial charge in [0.2, 0.25) is 0 Å². The van der Waals surface area contributed by atoms with Crippen molar-refractivity contribution in [3.8, 4) is 5.75 Å². The number of ether oxygens (including phenoxy) is 3. The lowest BCUT2D eigenvalue weighted by Gasteiger charge is -2.26. The van der Waals surface area contributed by atoms with Crippen molar-refractivity contribution in [2.75, 3.05) is 66.3 Å². The lowest BCUT2D eigenvalue weighted by molar-refractivity contribution is 0.0322. The van der Waals surface area contributed by atoms with Crippen LogP contribution in [0.1, 0.15) is 25.3 Å². The molecule has 166 valence electrons. The lowest BCUT2D eigenvalue weighted by Crippen LogP contribution is -2.38. The second-order valence-corrected chi connectivity index (χ2v) is 6.71. The molecule has 0 aromatic heterocycles. The molecular formula is C21H37IN4O3. The number of nitrogens with one attached hydrogen (secondary N) is 2. The largest absolute Gasteiger partial charge is 0.492 e. The predicted molar refractivity (Wildman–Crippen MR) is 129 cm³/mol. The van der Waals surface area contributed by atoms with E-state index < -0.39 is 0 Å². The van der Waals surface area contributed by atoms with Crippen LogP contribution in [0.3, 0.4) is 0 Å². The Balaban J connectivity index is 0.00000420. The molecule has 2 N–H and O–H groups in total. The van der Waals surface area contributed by atoms with E-state index in [0.29, 0.717) is 13.2 Å². The van der Waals surface area contributed by atoms with Crippen molar-refractivity contribution in [3.05, 3.63) is 29.8 Å². The van der Waals surface area contributed by atoms with Gasteiger partial charge in [0.1, 0.15) is 12.4 Å². The highest BCUT2D eigenvalue weighted by Crippen LogP contribution is 2.13. The van der Waals surface area contributed by atoms with Gasteiger partial charge in [-0.2, -0.15) is 0 Å². The second-order valence-electron chi connectivity index (χ2n) is 6.71. The minimum absolute atomic E-state index is 0. The van der Waals surface area contributed by atoms with Gasteiger partial charge in [-0.3, -0.25) is 9.89 Å². The zero-order chi connectivity index (χ0) is 19.9. The Morgan fingerprint density at radius 1 is 1.17 bits per heavy atom. The number of hydrogen-bond donors (Lipinski definition) is 2. The van der Waals surface area contributed by atoms with Crippen molar-refractivity contribution in [2.24, 2.45) is 4.99 Å². The van der Waals surface area contributed by atoms with Gasteiger partial charge in [0, 0.05) is 53.0 Å². The third-order valence-corrected chi connectivity index (χ3v) is 4.57. The third kappa shape index (κ3) is 11.6. The molecule has 8 heteroatoms. The zero-order valence-corrected chi connectivity index (χ0v) is 20.2. The van der Waals surface area contributed by atoms with Gasteiger partial charge in [-0.15, -0.1) is 24.0 Å². The first-order valence-electron chi connectivity index (χ1n) is 10.4. The highest BCUT2D eigenvalue weighted by atomic mass is 127. The van der Waals surface area contributed by atoms with E-state index >= 15 is 0 Å². The number of unbranched alkanes of at least 4 members (excludes halogenated alkanes) is 1. The van der Waals surface area contributed by atoms with E-state index in [0.717, 1.165) is 77.2 Å². The van der Waals surface area contributed by atoms with E-state index in [1.807, 2.05) is 19.1 Å². The van der Waals surface area contributed by atoms with E-state index in [1.165, 1.54) is 5.56 Å². The van der Waals surface area contributed by atoms with E-state index in [2.05, 4.69) is 32.7 Å². The Labute approximate surface area is 192 Å². The predicted octanol–water partition coefficient (Wildman–Crippen LogP) is 2.50. The van der Waals surface area contributed by atoms with Gasteiger partial charge in [-0.1, -0.05) is 12.1 Å². The number of aliphatic imine (C=N–C) groups is 1. The number of hydrogen-bond acceptors (Lipinski definition) is 5. The molecule has 0 amide bonds. The van der Waals surface area contributed by atoms with E-state index in [9.17, 15) is 0 Å². The Morgan fingerprint density at radius 2 is 2.00 bits per heavy atom. The second kappa shape index (κ2) is 16.7. The summed E-state index contributed by atoms with van der Waals surface area (Å²) in [6.45, 7) is 10.5. The monoisotopic (exact) mass is 520 g/mol. The molecule has 0 spiro atoms. The summed E-state index contributed by atoms with van der Waals surface area (Å²) in [5.74, 6) is 1.72. The van der Waals surface area contributed by atoms with Crippen molar-refractivity contribution < 1.29 is 14.2 Å². The van der Waals surface area contributed by atoms with E-state index in [-0.39, 0.29) is 24.0 Å². The van der Waals surface area contributed by atoms with Crippen LogP contribution >= 0.6 is 24.0 Å². The standard InChI is InChI=1S/C21H36N4O3.HI/c1-3-26-13-5-4-9-23-21(22-2)24-18-19-7-6-8-20(17-19)28-16-12-25-10-14-27-15-11-25;/h6-8,17H,3-5,9-16,18H2,1-2H3,(H2,22,23,24);1H. The molecule has 0 unspecified atom stereocenters. The van der Waals surface area contributed by atoms with Crippen LogP contribution in [0.4, 0.5) is 0 Å². The van der Waals surface area contributed by atoms with Gasteiger partial charge >= 0.3 is 0 Å². The van der Waals surface area contributed by atoms with Crippen LogP contribution in [0, 0.1) is 0 Å². The summed E-state index contributed by atoms with van der Waals surface area (Å²) in [7, 11) is 1.79. The van der Waals surface area contributed by atoms with Gasteiger partial charge in [-0.05, 0) is 37.5 Å². The Morgan fingerprint density at radius 3 is 2.76 bits per heavy atom. The number of benzene rings is 1. The molecule has 1 saturated heterocycles. The summed E-state index contributed by atoms with van der Waals surface area (Å²) in [6.07, 6.45) is 2.12. The molecule has 29 heavy (non-hydrogen) atoms. The maximum Gasteiger partial charge on any atom is 0.191 e. The molecule has 1 aliphatic rings. The number of halogens is 1. The number of nitrogens with zero attached hydrogens (tertiary/aromatic N) is 2. The Bertz CT molecular complexity index is 569. The first kappa shape index (κ1) is 25.9. The van der Waals surface area contributed by atoms with Gasteiger partial charge in [-0.25, -0.2) is 0 Å². The molecule has 1 heterocycles. The quantitative estimate of drug-likeness (QED) is 0.191. The fourth-order valence-corrected chi connectivity index (χ4v) is 2.95. The lowest BCUT2D eigenvalue weighted by atomic mass is 10.2. The highest BCUT2D eigenvalue weighted by Gasteiger charge is 2.09. The summed E-state index contributed by atoms with van der Waals surface area (Å²) in [6, 6.07) is 8.22. The SMILES string of the molecule is CCOCCCCNC(=NC)NCc1cccc(OCCN2CCOCC2)c1.I. The topological polar surface area (TPSA) is 67.3 Å². The minimum atomic E-state index is 0. The fourth-order valence-electron chi connectivity index (χ4n) is 2.95. The smallest absolute Gasteiger partial charge is 0.191 e. The number of rotatable bonds is 12. The molecule has 2 rings (SSSR count). The van der Waals surface area contributed by atoms with Gasteiger partial charge in [0.05, 0.1) is 13.2 Å². The molecule has 7 nitrogen and oxygen atoms in total. The molecular weight excluding hydrogens is 483 g/mol. The van der Waals surface area contributed by atoms with Crippen molar-refractivity contribution in [3.63, 3.8) is 0 Å². The van der Waals surface area contributed by atoms with Crippen LogP contribution in [0.2, 0.25) is 0 Å². The molecule has 0 radical (unpaired) electrons. The maximum absolute atomic E-state index is 5.93. The molecule has 1 aliphatic heterocycles. The van der Waals surface area contributed by atoms with Crippen molar-refractivity contribution in [1.82, 2.24) is 15.5 Å². The summed E-state index contributed by atoms with van der Waals surface area (Å²) < 4.78 is 16.7. The number of morpholine rings is 1. The molecule has 0 bridgehead atoms. The average Bonchev–Trinajstić information content (AvgIpc) is 2.74. The summed E-state index contributed by atoms with van der Waals surface area (Å²) in [4.78, 5) is 6.65. The van der Waals surface area contributed by atoms with Crippen LogP contribution < -0.4 is 15.4 Å². The van der Waals surface area contributed by atoms with E-state index in [1.54, 1.807) is 7.05 Å². The fraction of sp³-hybridized carbons (Fsp3) is 0.667. The minimum Gasteiger partial charge on any atom is -0.492 e. The van der Waals surface area contributed by atoms with Crippen LogP contribution in [0.25, 0.3) is 0 Å². The molecule has 1 fully saturated rings. The van der Waals surface area contributed by atoms with E-state index in [4.69, 9.17) is 14.2 Å². The Kier molecular flexibility index (Phi) is 14.9. The molecule has 1 aromatic rings. The van der Waals surface area contributed by atoms with Crippen molar-refractivity contribution >= 4 is 29.9 Å². The normalized spacial score (nSPS) is 14.9. The molecule has 0 aliphatic carbocycles. The van der Waals surface area contributed by atoms with Crippen LogP contribution in [0.5, 0.6) is 5.75 Å².